The summed E-state index contributed by atoms with van der Waals surface area (Å²) < 4.78 is 16.4. The summed E-state index contributed by atoms with van der Waals surface area (Å²) in [4.78, 5) is 4.16. The van der Waals surface area contributed by atoms with Gasteiger partial charge in [-0.15, -0.1) is 0 Å². The number of ether oxygens (including phenoxy) is 1. The minimum atomic E-state index is 0.632. The van der Waals surface area contributed by atoms with Crippen LogP contribution >= 0.6 is 0 Å². The van der Waals surface area contributed by atoms with Crippen LogP contribution in [-0.2, 0) is 6.42 Å². The first-order chi connectivity index (χ1) is 11.7. The van der Waals surface area contributed by atoms with E-state index < -0.39 is 0 Å². The molecule has 24 heavy (non-hydrogen) atoms. The molecule has 0 aliphatic rings. The van der Waals surface area contributed by atoms with Crippen molar-refractivity contribution in [1.29, 1.82) is 0 Å². The van der Waals surface area contributed by atoms with Gasteiger partial charge in [0.05, 0.1) is 18.5 Å². The van der Waals surface area contributed by atoms with Crippen molar-refractivity contribution in [3.05, 3.63) is 53.7 Å². The maximum atomic E-state index is 5.88. The zero-order chi connectivity index (χ0) is 16.8. The maximum Gasteiger partial charge on any atom is 0.225 e. The Morgan fingerprint density at radius 2 is 2.00 bits per heavy atom. The van der Waals surface area contributed by atoms with E-state index in [0.717, 1.165) is 54.0 Å². The minimum Gasteiger partial charge on any atom is -0.493 e. The van der Waals surface area contributed by atoms with Gasteiger partial charge in [-0.1, -0.05) is 5.16 Å². The van der Waals surface area contributed by atoms with Crippen LogP contribution in [0.5, 0.6) is 5.75 Å². The Labute approximate surface area is 141 Å². The summed E-state index contributed by atoms with van der Waals surface area (Å²) >= 11 is 0. The summed E-state index contributed by atoms with van der Waals surface area (Å²) in [6.07, 6.45) is 7.37. The van der Waals surface area contributed by atoms with E-state index in [-0.39, 0.29) is 0 Å². The molecule has 3 rings (SSSR count). The molecule has 3 aromatic rings. The number of oxazole rings is 1. The van der Waals surface area contributed by atoms with Gasteiger partial charge < -0.3 is 13.7 Å². The van der Waals surface area contributed by atoms with Gasteiger partial charge in [0.25, 0.3) is 0 Å². The molecule has 5 heteroatoms. The summed E-state index contributed by atoms with van der Waals surface area (Å²) in [5.41, 5.74) is 2.99. The summed E-state index contributed by atoms with van der Waals surface area (Å²) in [5, 5.41) is 3.90. The van der Waals surface area contributed by atoms with E-state index in [1.54, 1.807) is 12.5 Å². The number of rotatable bonds is 8. The molecule has 0 saturated carbocycles. The Hall–Kier alpha value is -2.56. The average molecular weight is 326 g/mol. The van der Waals surface area contributed by atoms with Gasteiger partial charge in [-0.3, -0.25) is 0 Å². The third kappa shape index (κ3) is 4.25. The van der Waals surface area contributed by atoms with Crippen molar-refractivity contribution in [3.63, 3.8) is 0 Å². The Balaban J connectivity index is 1.40. The van der Waals surface area contributed by atoms with Crippen molar-refractivity contribution in [2.24, 2.45) is 0 Å². The maximum absolute atomic E-state index is 5.88. The van der Waals surface area contributed by atoms with E-state index in [2.05, 4.69) is 10.1 Å². The Bertz CT molecular complexity index is 763. The summed E-state index contributed by atoms with van der Waals surface area (Å²) in [6, 6.07) is 7.98. The fourth-order valence-corrected chi connectivity index (χ4v) is 2.60. The molecule has 126 valence electrons. The number of aromatic nitrogens is 2. The van der Waals surface area contributed by atoms with Gasteiger partial charge in [0.1, 0.15) is 17.8 Å². The molecule has 0 fully saturated rings. The van der Waals surface area contributed by atoms with E-state index in [1.165, 1.54) is 0 Å². The van der Waals surface area contributed by atoms with Crippen LogP contribution in [0.4, 0.5) is 0 Å². The lowest BCUT2D eigenvalue weighted by Gasteiger charge is -2.09. The lowest BCUT2D eigenvalue weighted by atomic mass is 10.1. The monoisotopic (exact) mass is 326 g/mol. The SMILES string of the molecule is Cc1cc(CCCCCOc2ccc(-c3ncco3)cc2C)on1. The van der Waals surface area contributed by atoms with Gasteiger partial charge in [-0.25, -0.2) is 4.98 Å². The molecule has 0 aliphatic heterocycles. The average Bonchev–Trinajstić information content (AvgIpc) is 3.23. The summed E-state index contributed by atoms with van der Waals surface area (Å²) in [6.45, 7) is 4.69. The van der Waals surface area contributed by atoms with Gasteiger partial charge in [0, 0.05) is 18.1 Å². The van der Waals surface area contributed by atoms with Crippen molar-refractivity contribution in [3.8, 4) is 17.2 Å². The lowest BCUT2D eigenvalue weighted by molar-refractivity contribution is 0.301. The van der Waals surface area contributed by atoms with Crippen LogP contribution < -0.4 is 4.74 Å². The lowest BCUT2D eigenvalue weighted by Crippen LogP contribution is -1.99. The van der Waals surface area contributed by atoms with Crippen LogP contribution in [0.15, 0.2) is 45.7 Å². The topological polar surface area (TPSA) is 61.3 Å². The molecule has 2 heterocycles. The number of benzene rings is 1. The molecule has 1 aromatic carbocycles. The second-order valence-corrected chi connectivity index (χ2v) is 5.91. The van der Waals surface area contributed by atoms with Gasteiger partial charge in [-0.2, -0.15) is 0 Å². The van der Waals surface area contributed by atoms with Crippen LogP contribution in [0.2, 0.25) is 0 Å². The molecule has 0 bridgehead atoms. The highest BCUT2D eigenvalue weighted by Crippen LogP contribution is 2.25. The van der Waals surface area contributed by atoms with Gasteiger partial charge >= 0.3 is 0 Å². The van der Waals surface area contributed by atoms with Gasteiger partial charge in [-0.05, 0) is 56.9 Å². The van der Waals surface area contributed by atoms with E-state index in [4.69, 9.17) is 13.7 Å². The van der Waals surface area contributed by atoms with Crippen molar-refractivity contribution < 1.29 is 13.7 Å². The molecule has 5 nitrogen and oxygen atoms in total. The zero-order valence-corrected chi connectivity index (χ0v) is 14.1. The number of unbranched alkanes of at least 4 members (excludes halogenated alkanes) is 2. The Morgan fingerprint density at radius 3 is 2.71 bits per heavy atom. The van der Waals surface area contributed by atoms with Crippen molar-refractivity contribution in [2.75, 3.05) is 6.61 Å². The highest BCUT2D eigenvalue weighted by atomic mass is 16.5. The molecule has 0 amide bonds. The third-order valence-electron chi connectivity index (χ3n) is 3.86. The fourth-order valence-electron chi connectivity index (χ4n) is 2.60. The van der Waals surface area contributed by atoms with Crippen LogP contribution in [0.3, 0.4) is 0 Å². The van der Waals surface area contributed by atoms with Crippen molar-refractivity contribution in [1.82, 2.24) is 10.1 Å². The largest absolute Gasteiger partial charge is 0.493 e. The molecule has 0 aliphatic carbocycles. The smallest absolute Gasteiger partial charge is 0.225 e. The van der Waals surface area contributed by atoms with Crippen LogP contribution in [0.1, 0.15) is 36.3 Å². The highest BCUT2D eigenvalue weighted by Gasteiger charge is 2.06. The third-order valence-corrected chi connectivity index (χ3v) is 3.86. The van der Waals surface area contributed by atoms with Crippen LogP contribution in [0, 0.1) is 13.8 Å². The molecule has 0 atom stereocenters. The van der Waals surface area contributed by atoms with E-state index in [0.29, 0.717) is 12.5 Å². The normalized spacial score (nSPS) is 10.9. The highest BCUT2D eigenvalue weighted by molar-refractivity contribution is 5.56. The number of hydrogen-bond donors (Lipinski definition) is 0. The molecule has 0 N–H and O–H groups in total. The predicted molar refractivity (Wildman–Crippen MR) is 91.0 cm³/mol. The van der Waals surface area contributed by atoms with E-state index >= 15 is 0 Å². The summed E-state index contributed by atoms with van der Waals surface area (Å²) in [7, 11) is 0. The molecule has 0 radical (unpaired) electrons. The molecule has 0 spiro atoms. The van der Waals surface area contributed by atoms with Gasteiger partial charge in [0.2, 0.25) is 5.89 Å². The van der Waals surface area contributed by atoms with Gasteiger partial charge in [0.15, 0.2) is 0 Å². The Kier molecular flexibility index (Phi) is 5.31. The number of aryl methyl sites for hydroxylation is 3. The first kappa shape index (κ1) is 16.3. The molecular weight excluding hydrogens is 304 g/mol. The molecule has 0 unspecified atom stereocenters. The first-order valence-corrected chi connectivity index (χ1v) is 8.28. The van der Waals surface area contributed by atoms with E-state index in [9.17, 15) is 0 Å². The van der Waals surface area contributed by atoms with Crippen molar-refractivity contribution in [2.45, 2.75) is 39.5 Å². The first-order valence-electron chi connectivity index (χ1n) is 8.28. The molecular formula is C19H22N2O3. The minimum absolute atomic E-state index is 0.632. The van der Waals surface area contributed by atoms with Crippen LogP contribution in [0.25, 0.3) is 11.5 Å². The molecule has 0 saturated heterocycles. The Morgan fingerprint density at radius 1 is 1.08 bits per heavy atom. The second-order valence-electron chi connectivity index (χ2n) is 5.91. The van der Waals surface area contributed by atoms with Crippen molar-refractivity contribution >= 4 is 0 Å². The van der Waals surface area contributed by atoms with E-state index in [1.807, 2.05) is 38.1 Å². The standard InChI is InChI=1S/C19H22N2O3/c1-14-12-16(19-20-9-11-23-19)7-8-18(14)22-10-5-3-4-6-17-13-15(2)21-24-17/h7-9,11-13H,3-6,10H2,1-2H3. The summed E-state index contributed by atoms with van der Waals surface area (Å²) in [5.74, 6) is 2.51. The quantitative estimate of drug-likeness (QED) is 0.560. The number of hydrogen-bond acceptors (Lipinski definition) is 5. The molecule has 2 aromatic heterocycles. The zero-order valence-electron chi connectivity index (χ0n) is 14.1. The van der Waals surface area contributed by atoms with Crippen LogP contribution in [-0.4, -0.2) is 16.7 Å². The predicted octanol–water partition coefficient (Wildman–Crippen LogP) is 4.74. The second kappa shape index (κ2) is 7.81. The number of nitrogens with zero attached hydrogens (tertiary/aromatic N) is 2. The fraction of sp³-hybridized carbons (Fsp3) is 0.368.